The lowest BCUT2D eigenvalue weighted by Gasteiger charge is -2.21. The fourth-order valence-electron chi connectivity index (χ4n) is 0.593. The van der Waals surface area contributed by atoms with Gasteiger partial charge in [-0.2, -0.15) is 5.26 Å². The molecule has 0 rings (SSSR count). The van der Waals surface area contributed by atoms with Crippen LogP contribution in [-0.2, 0) is 9.53 Å². The number of nitriles is 1. The predicted molar refractivity (Wildman–Crippen MR) is 46.2 cm³/mol. The molecule has 0 saturated heterocycles. The highest BCUT2D eigenvalue weighted by molar-refractivity contribution is 5.78. The van der Waals surface area contributed by atoms with Gasteiger partial charge >= 0.3 is 12.1 Å². The minimum Gasteiger partial charge on any atom is -0.480 e. The van der Waals surface area contributed by atoms with Crippen molar-refractivity contribution in [3.8, 4) is 6.19 Å². The quantitative estimate of drug-likeness (QED) is 0.525. The van der Waals surface area contributed by atoms with Gasteiger partial charge in [-0.1, -0.05) is 0 Å². The number of carbonyl (C=O) groups excluding carboxylic acids is 1. The van der Waals surface area contributed by atoms with Crippen LogP contribution in [0.3, 0.4) is 0 Å². The summed E-state index contributed by atoms with van der Waals surface area (Å²) in [7, 11) is 0. The largest absolute Gasteiger partial charge is 0.480 e. The van der Waals surface area contributed by atoms with Crippen molar-refractivity contribution in [2.45, 2.75) is 26.4 Å². The third-order valence-electron chi connectivity index (χ3n) is 1.03. The number of hydrogen-bond donors (Lipinski definition) is 1. The molecular weight excluding hydrogens is 188 g/mol. The molecule has 6 heteroatoms. The van der Waals surface area contributed by atoms with E-state index in [4.69, 9.17) is 15.1 Å². The minimum atomic E-state index is -1.27. The summed E-state index contributed by atoms with van der Waals surface area (Å²) in [5.74, 6) is -1.27. The van der Waals surface area contributed by atoms with Crippen LogP contribution in [0.4, 0.5) is 4.79 Å². The van der Waals surface area contributed by atoms with E-state index in [2.05, 4.69) is 0 Å². The molecule has 0 bridgehead atoms. The summed E-state index contributed by atoms with van der Waals surface area (Å²) >= 11 is 0. The van der Waals surface area contributed by atoms with Crippen LogP contribution in [-0.4, -0.2) is 34.2 Å². The van der Waals surface area contributed by atoms with Crippen LogP contribution in [0.1, 0.15) is 20.8 Å². The Morgan fingerprint density at radius 1 is 1.50 bits per heavy atom. The molecule has 0 fully saturated rings. The zero-order valence-electron chi connectivity index (χ0n) is 8.27. The maximum atomic E-state index is 11.1. The molecule has 0 aliphatic rings. The Labute approximate surface area is 81.7 Å². The second-order valence-electron chi connectivity index (χ2n) is 3.56. The lowest BCUT2D eigenvalue weighted by molar-refractivity contribution is -0.137. The monoisotopic (exact) mass is 200 g/mol. The van der Waals surface area contributed by atoms with Crippen molar-refractivity contribution in [2.24, 2.45) is 0 Å². The van der Waals surface area contributed by atoms with E-state index in [0.29, 0.717) is 4.90 Å². The van der Waals surface area contributed by atoms with E-state index in [1.165, 1.54) is 6.19 Å². The van der Waals surface area contributed by atoms with E-state index >= 15 is 0 Å². The molecule has 0 saturated carbocycles. The highest BCUT2D eigenvalue weighted by Crippen LogP contribution is 2.09. The molecule has 0 heterocycles. The van der Waals surface area contributed by atoms with Gasteiger partial charge < -0.3 is 9.84 Å². The number of aliphatic carboxylic acids is 1. The molecule has 78 valence electrons. The minimum absolute atomic E-state index is 0.438. The number of ether oxygens (including phenoxy) is 1. The van der Waals surface area contributed by atoms with Crippen molar-refractivity contribution in [1.29, 1.82) is 5.26 Å². The Morgan fingerprint density at radius 3 is 2.29 bits per heavy atom. The van der Waals surface area contributed by atoms with Gasteiger partial charge in [0.1, 0.15) is 12.1 Å². The molecule has 0 unspecified atom stereocenters. The normalized spacial score (nSPS) is 10.1. The second kappa shape index (κ2) is 4.46. The zero-order valence-corrected chi connectivity index (χ0v) is 8.27. The van der Waals surface area contributed by atoms with Gasteiger partial charge in [-0.25, -0.2) is 9.69 Å². The molecule has 1 amide bonds. The van der Waals surface area contributed by atoms with E-state index in [9.17, 15) is 9.59 Å². The van der Waals surface area contributed by atoms with E-state index < -0.39 is 24.2 Å². The second-order valence-corrected chi connectivity index (χ2v) is 3.56. The maximum absolute atomic E-state index is 11.1. The Kier molecular flexibility index (Phi) is 3.90. The molecule has 0 radical (unpaired) electrons. The number of carboxylic acids is 1. The smallest absolute Gasteiger partial charge is 0.424 e. The van der Waals surface area contributed by atoms with Gasteiger partial charge in [0.05, 0.1) is 0 Å². The van der Waals surface area contributed by atoms with E-state index in [1.54, 1.807) is 20.8 Å². The first-order valence-corrected chi connectivity index (χ1v) is 3.88. The van der Waals surface area contributed by atoms with Crippen molar-refractivity contribution in [3.63, 3.8) is 0 Å². The van der Waals surface area contributed by atoms with Crippen LogP contribution in [0.25, 0.3) is 0 Å². The van der Waals surface area contributed by atoms with Gasteiger partial charge in [-0.05, 0) is 20.8 Å². The lowest BCUT2D eigenvalue weighted by atomic mass is 10.2. The summed E-state index contributed by atoms with van der Waals surface area (Å²) < 4.78 is 4.79. The van der Waals surface area contributed by atoms with Crippen molar-refractivity contribution < 1.29 is 19.4 Å². The van der Waals surface area contributed by atoms with Crippen LogP contribution in [0, 0.1) is 11.5 Å². The highest BCUT2D eigenvalue weighted by Gasteiger charge is 2.23. The summed E-state index contributed by atoms with van der Waals surface area (Å²) in [4.78, 5) is 21.8. The molecule has 0 aliphatic heterocycles. The number of amides is 1. The fourth-order valence-corrected chi connectivity index (χ4v) is 0.593. The van der Waals surface area contributed by atoms with Crippen molar-refractivity contribution in [2.75, 3.05) is 6.54 Å². The van der Waals surface area contributed by atoms with Crippen LogP contribution >= 0.6 is 0 Å². The summed E-state index contributed by atoms with van der Waals surface area (Å²) in [6.07, 6.45) is 0.478. The van der Waals surface area contributed by atoms with Gasteiger partial charge in [0, 0.05) is 0 Å². The first kappa shape index (κ1) is 12.2. The summed E-state index contributed by atoms with van der Waals surface area (Å²) in [6, 6.07) is 0. The summed E-state index contributed by atoms with van der Waals surface area (Å²) in [5, 5.41) is 16.8. The Bertz CT molecular complexity index is 274. The highest BCUT2D eigenvalue weighted by atomic mass is 16.6. The molecular formula is C8H12N2O4. The van der Waals surface area contributed by atoms with Crippen LogP contribution in [0.15, 0.2) is 0 Å². The van der Waals surface area contributed by atoms with Crippen LogP contribution in [0.5, 0.6) is 0 Å². The van der Waals surface area contributed by atoms with Gasteiger partial charge in [-0.3, -0.25) is 4.79 Å². The van der Waals surface area contributed by atoms with Gasteiger partial charge in [0.25, 0.3) is 0 Å². The zero-order chi connectivity index (χ0) is 11.4. The Balaban J connectivity index is 4.35. The van der Waals surface area contributed by atoms with E-state index in [1.807, 2.05) is 0 Å². The average molecular weight is 200 g/mol. The number of carbonyl (C=O) groups is 2. The number of nitrogens with zero attached hydrogens (tertiary/aromatic N) is 2. The van der Waals surface area contributed by atoms with Crippen LogP contribution < -0.4 is 0 Å². The number of rotatable bonds is 2. The maximum Gasteiger partial charge on any atom is 0.424 e. The SMILES string of the molecule is CC(C)(C)OC(=O)N(C#N)CC(=O)O. The van der Waals surface area contributed by atoms with E-state index in [0.717, 1.165) is 0 Å². The molecule has 0 aromatic heterocycles. The van der Waals surface area contributed by atoms with Crippen LogP contribution in [0.2, 0.25) is 0 Å². The summed E-state index contributed by atoms with van der Waals surface area (Å²) in [6.45, 7) is 4.19. The fraction of sp³-hybridized carbons (Fsp3) is 0.625. The van der Waals surface area contributed by atoms with Crippen molar-refractivity contribution in [3.05, 3.63) is 0 Å². The molecule has 0 aromatic rings. The third kappa shape index (κ3) is 4.98. The molecule has 0 aromatic carbocycles. The molecule has 1 N–H and O–H groups in total. The number of carboxylic acid groups (broad SMARTS) is 1. The first-order chi connectivity index (χ1) is 6.26. The van der Waals surface area contributed by atoms with E-state index in [-0.39, 0.29) is 0 Å². The first-order valence-electron chi connectivity index (χ1n) is 3.88. The third-order valence-corrected chi connectivity index (χ3v) is 1.03. The topological polar surface area (TPSA) is 90.6 Å². The predicted octanol–water partition coefficient (Wildman–Crippen LogP) is 0.789. The molecule has 6 nitrogen and oxygen atoms in total. The van der Waals surface area contributed by atoms with Gasteiger partial charge in [0.2, 0.25) is 0 Å². The van der Waals surface area contributed by atoms with Gasteiger partial charge in [0.15, 0.2) is 6.19 Å². The standard InChI is InChI=1S/C8H12N2O4/c1-8(2,3)14-7(13)10(5-9)4-6(11)12/h4H2,1-3H3,(H,11,12). The van der Waals surface area contributed by atoms with Crippen molar-refractivity contribution in [1.82, 2.24) is 4.90 Å². The lowest BCUT2D eigenvalue weighted by Crippen LogP contribution is -2.36. The summed E-state index contributed by atoms with van der Waals surface area (Å²) in [5.41, 5.74) is -0.745. The molecule has 0 aliphatic carbocycles. The number of hydrogen-bond acceptors (Lipinski definition) is 4. The Hall–Kier alpha value is -1.77. The van der Waals surface area contributed by atoms with Gasteiger partial charge in [-0.15, -0.1) is 0 Å². The van der Waals surface area contributed by atoms with Crippen molar-refractivity contribution >= 4 is 12.1 Å². The molecule has 14 heavy (non-hydrogen) atoms. The Morgan fingerprint density at radius 2 is 2.00 bits per heavy atom. The molecule has 0 spiro atoms. The molecule has 0 atom stereocenters. The average Bonchev–Trinajstić information content (AvgIpc) is 1.96.